The van der Waals surface area contributed by atoms with Crippen molar-refractivity contribution >= 4 is 5.69 Å². The number of nitro benzene ring substituents is 1. The van der Waals surface area contributed by atoms with E-state index >= 15 is 0 Å². The van der Waals surface area contributed by atoms with Crippen LogP contribution in [0.5, 0.6) is 0 Å². The van der Waals surface area contributed by atoms with Crippen LogP contribution >= 0.6 is 0 Å². The first-order valence-corrected chi connectivity index (χ1v) is 10.8. The molecule has 0 aliphatic carbocycles. The van der Waals surface area contributed by atoms with Gasteiger partial charge in [-0.1, -0.05) is 56.3 Å². The second-order valence-electron chi connectivity index (χ2n) is 8.58. The summed E-state index contributed by atoms with van der Waals surface area (Å²) in [6.07, 6.45) is 1.87. The SMILES string of the molecule is CC(C)c1ccc(CNCC2(N[C@H](C)c3ccccc3)CCOCC2)cc1[N+](=O)[O-]. The topological polar surface area (TPSA) is 76.4 Å². The summed E-state index contributed by atoms with van der Waals surface area (Å²) in [6.45, 7) is 9.02. The van der Waals surface area contributed by atoms with E-state index in [1.165, 1.54) is 5.56 Å². The summed E-state index contributed by atoms with van der Waals surface area (Å²) >= 11 is 0. The molecule has 2 aromatic carbocycles. The summed E-state index contributed by atoms with van der Waals surface area (Å²) in [4.78, 5) is 11.2. The molecule has 162 valence electrons. The van der Waals surface area contributed by atoms with Crippen LogP contribution in [0, 0.1) is 10.1 Å². The summed E-state index contributed by atoms with van der Waals surface area (Å²) in [6, 6.07) is 16.3. The van der Waals surface area contributed by atoms with Gasteiger partial charge in [-0.2, -0.15) is 0 Å². The number of ether oxygens (including phenoxy) is 1. The lowest BCUT2D eigenvalue weighted by Crippen LogP contribution is -2.56. The Morgan fingerprint density at radius 2 is 1.80 bits per heavy atom. The van der Waals surface area contributed by atoms with E-state index in [1.54, 1.807) is 6.07 Å². The van der Waals surface area contributed by atoms with E-state index in [4.69, 9.17) is 4.74 Å². The van der Waals surface area contributed by atoms with Crippen molar-refractivity contribution in [3.63, 3.8) is 0 Å². The number of nitro groups is 1. The van der Waals surface area contributed by atoms with Crippen LogP contribution in [0.15, 0.2) is 48.5 Å². The molecule has 0 bridgehead atoms. The largest absolute Gasteiger partial charge is 0.381 e. The van der Waals surface area contributed by atoms with Gasteiger partial charge >= 0.3 is 0 Å². The number of benzene rings is 2. The predicted octanol–water partition coefficient (Wildman–Crippen LogP) is 4.71. The average Bonchev–Trinajstić information content (AvgIpc) is 2.74. The van der Waals surface area contributed by atoms with Crippen LogP contribution in [-0.4, -0.2) is 30.2 Å². The maximum absolute atomic E-state index is 11.5. The van der Waals surface area contributed by atoms with Gasteiger partial charge in [-0.05, 0) is 36.8 Å². The lowest BCUT2D eigenvalue weighted by Gasteiger charge is -2.41. The lowest BCUT2D eigenvalue weighted by molar-refractivity contribution is -0.385. The number of nitrogens with one attached hydrogen (secondary N) is 2. The average molecular weight is 412 g/mol. The number of hydrogen-bond acceptors (Lipinski definition) is 5. The summed E-state index contributed by atoms with van der Waals surface area (Å²) in [5, 5.41) is 18.8. The van der Waals surface area contributed by atoms with Crippen LogP contribution in [0.4, 0.5) is 5.69 Å². The van der Waals surface area contributed by atoms with Crippen LogP contribution in [-0.2, 0) is 11.3 Å². The zero-order valence-corrected chi connectivity index (χ0v) is 18.2. The minimum absolute atomic E-state index is 0.0582. The Kier molecular flexibility index (Phi) is 7.58. The van der Waals surface area contributed by atoms with Gasteiger partial charge in [0.1, 0.15) is 0 Å². The van der Waals surface area contributed by atoms with Crippen LogP contribution in [0.2, 0.25) is 0 Å². The number of nitrogens with zero attached hydrogens (tertiary/aromatic N) is 1. The van der Waals surface area contributed by atoms with Gasteiger partial charge in [-0.15, -0.1) is 0 Å². The van der Waals surface area contributed by atoms with E-state index in [-0.39, 0.29) is 28.1 Å². The van der Waals surface area contributed by atoms with Gasteiger partial charge in [0.2, 0.25) is 0 Å². The molecule has 0 amide bonds. The summed E-state index contributed by atoms with van der Waals surface area (Å²) < 4.78 is 5.61. The van der Waals surface area contributed by atoms with Crippen molar-refractivity contribution in [2.75, 3.05) is 19.8 Å². The highest BCUT2D eigenvalue weighted by molar-refractivity contribution is 5.45. The lowest BCUT2D eigenvalue weighted by atomic mass is 9.88. The van der Waals surface area contributed by atoms with Crippen molar-refractivity contribution in [3.8, 4) is 0 Å². The van der Waals surface area contributed by atoms with Gasteiger partial charge < -0.3 is 15.4 Å². The fourth-order valence-corrected chi connectivity index (χ4v) is 4.21. The predicted molar refractivity (Wildman–Crippen MR) is 120 cm³/mol. The minimum Gasteiger partial charge on any atom is -0.381 e. The summed E-state index contributed by atoms with van der Waals surface area (Å²) in [7, 11) is 0. The molecule has 0 saturated carbocycles. The maximum Gasteiger partial charge on any atom is 0.273 e. The maximum atomic E-state index is 11.5. The molecular formula is C24H33N3O3. The Morgan fingerprint density at radius 1 is 1.10 bits per heavy atom. The first kappa shape index (κ1) is 22.4. The molecule has 1 aliphatic rings. The molecule has 2 N–H and O–H groups in total. The van der Waals surface area contributed by atoms with Crippen molar-refractivity contribution in [2.24, 2.45) is 0 Å². The second kappa shape index (κ2) is 10.2. The third-order valence-electron chi connectivity index (χ3n) is 5.98. The van der Waals surface area contributed by atoms with E-state index in [0.29, 0.717) is 6.54 Å². The van der Waals surface area contributed by atoms with Crippen LogP contribution in [0.1, 0.15) is 62.3 Å². The molecule has 2 aromatic rings. The molecule has 1 fully saturated rings. The molecule has 1 atom stereocenters. The molecule has 6 nitrogen and oxygen atoms in total. The normalized spacial score (nSPS) is 17.1. The molecule has 1 saturated heterocycles. The molecule has 30 heavy (non-hydrogen) atoms. The Labute approximate surface area is 179 Å². The van der Waals surface area contributed by atoms with Gasteiger partial charge in [0, 0.05) is 49.5 Å². The van der Waals surface area contributed by atoms with Gasteiger partial charge in [0.25, 0.3) is 5.69 Å². The third kappa shape index (κ3) is 5.65. The van der Waals surface area contributed by atoms with Crippen molar-refractivity contribution in [2.45, 2.75) is 57.7 Å². The zero-order chi connectivity index (χ0) is 21.6. The quantitative estimate of drug-likeness (QED) is 0.462. The summed E-state index contributed by atoms with van der Waals surface area (Å²) in [5.74, 6) is 0.126. The molecule has 0 aromatic heterocycles. The van der Waals surface area contributed by atoms with Crippen LogP contribution in [0.25, 0.3) is 0 Å². The Morgan fingerprint density at radius 3 is 2.43 bits per heavy atom. The molecular weight excluding hydrogens is 378 g/mol. The monoisotopic (exact) mass is 411 g/mol. The van der Waals surface area contributed by atoms with Gasteiger partial charge in [0.15, 0.2) is 0 Å². The molecule has 0 spiro atoms. The Balaban J connectivity index is 1.66. The summed E-state index contributed by atoms with van der Waals surface area (Å²) in [5.41, 5.74) is 3.13. The van der Waals surface area contributed by atoms with E-state index in [2.05, 4.69) is 41.8 Å². The van der Waals surface area contributed by atoms with Gasteiger partial charge in [-0.25, -0.2) is 0 Å². The minimum atomic E-state index is -0.276. The van der Waals surface area contributed by atoms with Crippen molar-refractivity contribution in [1.82, 2.24) is 10.6 Å². The first-order chi connectivity index (χ1) is 14.4. The van der Waals surface area contributed by atoms with E-state index in [9.17, 15) is 10.1 Å². The van der Waals surface area contributed by atoms with E-state index in [0.717, 1.165) is 43.7 Å². The van der Waals surface area contributed by atoms with E-state index in [1.807, 2.05) is 32.0 Å². The molecule has 1 heterocycles. The highest BCUT2D eigenvalue weighted by Crippen LogP contribution is 2.28. The van der Waals surface area contributed by atoms with Crippen LogP contribution < -0.4 is 10.6 Å². The Bertz CT molecular complexity index is 833. The molecule has 3 rings (SSSR count). The number of rotatable bonds is 9. The highest BCUT2D eigenvalue weighted by Gasteiger charge is 2.33. The van der Waals surface area contributed by atoms with Gasteiger partial charge in [-0.3, -0.25) is 10.1 Å². The fraction of sp³-hybridized carbons (Fsp3) is 0.500. The second-order valence-corrected chi connectivity index (χ2v) is 8.58. The fourth-order valence-electron chi connectivity index (χ4n) is 4.21. The molecule has 1 aliphatic heterocycles. The van der Waals surface area contributed by atoms with Crippen molar-refractivity contribution < 1.29 is 9.66 Å². The van der Waals surface area contributed by atoms with E-state index < -0.39 is 0 Å². The first-order valence-electron chi connectivity index (χ1n) is 10.8. The number of hydrogen-bond donors (Lipinski definition) is 2. The Hall–Kier alpha value is -2.28. The third-order valence-corrected chi connectivity index (χ3v) is 5.98. The molecule has 0 radical (unpaired) electrons. The van der Waals surface area contributed by atoms with Crippen molar-refractivity contribution in [1.29, 1.82) is 0 Å². The van der Waals surface area contributed by atoms with Crippen LogP contribution in [0.3, 0.4) is 0 Å². The highest BCUT2D eigenvalue weighted by atomic mass is 16.6. The standard InChI is InChI=1S/C24H33N3O3/c1-18(2)22-10-9-20(15-23(22)27(28)29)16-25-17-24(11-13-30-14-12-24)26-19(3)21-7-5-4-6-8-21/h4-10,15,18-19,25-26H,11-14,16-17H2,1-3H3/t19-/m1/s1. The van der Waals surface area contributed by atoms with Crippen molar-refractivity contribution in [3.05, 3.63) is 75.3 Å². The van der Waals surface area contributed by atoms with Gasteiger partial charge in [0.05, 0.1) is 4.92 Å². The zero-order valence-electron chi connectivity index (χ0n) is 18.2. The smallest absolute Gasteiger partial charge is 0.273 e. The molecule has 6 heteroatoms. The molecule has 0 unspecified atom stereocenters.